The van der Waals surface area contributed by atoms with Crippen LogP contribution in [0.3, 0.4) is 0 Å². The van der Waals surface area contributed by atoms with Crippen molar-refractivity contribution < 1.29 is 27.2 Å². The number of nitrogens with zero attached hydrogens (tertiary/aromatic N) is 3. The van der Waals surface area contributed by atoms with Crippen LogP contribution in [0.15, 0.2) is 76.4 Å². The Balaban J connectivity index is 1.50. The molecule has 11 heteroatoms. The van der Waals surface area contributed by atoms with E-state index in [0.717, 1.165) is 11.8 Å². The Hall–Kier alpha value is -3.86. The van der Waals surface area contributed by atoms with E-state index in [1.807, 2.05) is 0 Å². The van der Waals surface area contributed by atoms with Crippen LogP contribution in [0.1, 0.15) is 6.42 Å². The molecule has 0 saturated carbocycles. The van der Waals surface area contributed by atoms with E-state index in [4.69, 9.17) is 4.42 Å². The number of fused-ring (bicyclic) bond motifs is 2. The van der Waals surface area contributed by atoms with Gasteiger partial charge in [0, 0.05) is 5.39 Å². The smallest absolute Gasteiger partial charge is 0.409 e. The maximum atomic E-state index is 14.0. The second kappa shape index (κ2) is 9.06. The number of rotatable bonds is 4. The molecule has 4 aromatic rings. The summed E-state index contributed by atoms with van der Waals surface area (Å²) in [7, 11) is 0. The molecule has 2 amide bonds. The number of benzene rings is 2. The Bertz CT molecular complexity index is 1410. The number of halogens is 3. The van der Waals surface area contributed by atoms with Gasteiger partial charge in [0.2, 0.25) is 11.8 Å². The van der Waals surface area contributed by atoms with Crippen LogP contribution in [0.5, 0.6) is 0 Å². The zero-order chi connectivity index (χ0) is 24.6. The highest BCUT2D eigenvalue weighted by Gasteiger charge is 2.48. The molecule has 5 rings (SSSR count). The van der Waals surface area contributed by atoms with E-state index in [2.05, 4.69) is 15.3 Å². The number of para-hydroxylation sites is 3. The fourth-order valence-corrected chi connectivity index (χ4v) is 4.75. The molecule has 1 unspecified atom stereocenters. The van der Waals surface area contributed by atoms with Crippen LogP contribution in [0.2, 0.25) is 0 Å². The number of furan rings is 1. The molecule has 1 aliphatic rings. The summed E-state index contributed by atoms with van der Waals surface area (Å²) in [6, 6.07) is 14.2. The highest BCUT2D eigenvalue weighted by molar-refractivity contribution is 8.00. The van der Waals surface area contributed by atoms with Gasteiger partial charge in [0.25, 0.3) is 0 Å². The molecular formula is C24H17F3N4O3S. The molecule has 1 N–H and O–H groups in total. The minimum Gasteiger partial charge on any atom is -0.461 e. The average molecular weight is 498 g/mol. The van der Waals surface area contributed by atoms with Crippen LogP contribution in [0.4, 0.5) is 24.5 Å². The Morgan fingerprint density at radius 2 is 1.86 bits per heavy atom. The van der Waals surface area contributed by atoms with E-state index in [1.165, 1.54) is 24.5 Å². The molecule has 35 heavy (non-hydrogen) atoms. The summed E-state index contributed by atoms with van der Waals surface area (Å²) in [5, 5.41) is 3.54. The van der Waals surface area contributed by atoms with Crippen LogP contribution < -0.4 is 10.2 Å². The third kappa shape index (κ3) is 4.59. The second-order valence-corrected chi connectivity index (χ2v) is 8.69. The molecule has 7 nitrogen and oxygen atoms in total. The summed E-state index contributed by atoms with van der Waals surface area (Å²) in [4.78, 5) is 35.1. The molecule has 1 aliphatic heterocycles. The van der Waals surface area contributed by atoms with Crippen molar-refractivity contribution in [1.29, 1.82) is 0 Å². The second-order valence-electron chi connectivity index (χ2n) is 7.73. The first kappa shape index (κ1) is 22.9. The van der Waals surface area contributed by atoms with E-state index < -0.39 is 30.5 Å². The van der Waals surface area contributed by atoms with E-state index in [9.17, 15) is 22.8 Å². The van der Waals surface area contributed by atoms with Gasteiger partial charge >= 0.3 is 6.18 Å². The number of hydrogen-bond acceptors (Lipinski definition) is 6. The number of hydrogen-bond donors (Lipinski definition) is 1. The van der Waals surface area contributed by atoms with Crippen molar-refractivity contribution >= 4 is 45.9 Å². The molecule has 3 heterocycles. The van der Waals surface area contributed by atoms with Crippen molar-refractivity contribution in [3.05, 3.63) is 66.9 Å². The molecule has 0 radical (unpaired) electrons. The molecule has 1 atom stereocenters. The van der Waals surface area contributed by atoms with Gasteiger partial charge in [-0.1, -0.05) is 42.1 Å². The number of aromatic nitrogens is 2. The zero-order valence-electron chi connectivity index (χ0n) is 18.0. The normalized spacial score (nSPS) is 16.0. The number of amides is 2. The highest BCUT2D eigenvalue weighted by atomic mass is 32.2. The van der Waals surface area contributed by atoms with Gasteiger partial charge in [-0.15, -0.1) is 0 Å². The highest BCUT2D eigenvalue weighted by Crippen LogP contribution is 2.38. The SMILES string of the molecule is O=C1CC(C(F)(F)F)N(C(=O)CSc2nc(-c3ccco3)nc3ccccc23)c2ccccc2N1. The average Bonchev–Trinajstić information content (AvgIpc) is 3.32. The lowest BCUT2D eigenvalue weighted by molar-refractivity contribution is -0.157. The Morgan fingerprint density at radius 1 is 1.09 bits per heavy atom. The van der Waals surface area contributed by atoms with E-state index in [0.29, 0.717) is 32.4 Å². The monoisotopic (exact) mass is 498 g/mol. The summed E-state index contributed by atoms with van der Waals surface area (Å²) >= 11 is 1.00. The number of thioether (sulfide) groups is 1. The summed E-state index contributed by atoms with van der Waals surface area (Å²) in [6.45, 7) is 0. The van der Waals surface area contributed by atoms with Crippen LogP contribution in [0, 0.1) is 0 Å². The lowest BCUT2D eigenvalue weighted by Crippen LogP contribution is -2.50. The molecule has 2 aromatic carbocycles. The maximum absolute atomic E-state index is 14.0. The van der Waals surface area contributed by atoms with Crippen molar-refractivity contribution in [2.75, 3.05) is 16.0 Å². The van der Waals surface area contributed by atoms with E-state index in [1.54, 1.807) is 42.5 Å². The van der Waals surface area contributed by atoms with Crippen molar-refractivity contribution in [2.24, 2.45) is 0 Å². The first-order chi connectivity index (χ1) is 16.8. The van der Waals surface area contributed by atoms with E-state index in [-0.39, 0.29) is 17.1 Å². The topological polar surface area (TPSA) is 88.3 Å². The predicted octanol–water partition coefficient (Wildman–Crippen LogP) is 5.29. The van der Waals surface area contributed by atoms with E-state index >= 15 is 0 Å². The molecule has 0 aliphatic carbocycles. The lowest BCUT2D eigenvalue weighted by Gasteiger charge is -2.31. The summed E-state index contributed by atoms with van der Waals surface area (Å²) in [5.41, 5.74) is 0.747. The zero-order valence-corrected chi connectivity index (χ0v) is 18.8. The number of alkyl halides is 3. The molecular weight excluding hydrogens is 481 g/mol. The standard InChI is InChI=1S/C24H17F3N4O3S/c25-24(26,27)19-12-20(32)28-16-8-3-4-9-17(16)31(19)21(33)13-35-23-14-6-1-2-7-15(14)29-22(30-23)18-10-5-11-34-18/h1-11,19H,12-13H2,(H,28,32). The van der Waals surface area contributed by atoms with Gasteiger partial charge in [-0.2, -0.15) is 13.2 Å². The van der Waals surface area contributed by atoms with Crippen LogP contribution in [-0.2, 0) is 9.59 Å². The third-order valence-electron chi connectivity index (χ3n) is 5.42. The fourth-order valence-electron chi connectivity index (χ4n) is 3.87. The number of nitrogens with one attached hydrogen (secondary N) is 1. The van der Waals surface area contributed by atoms with Gasteiger partial charge in [-0.3, -0.25) is 14.5 Å². The lowest BCUT2D eigenvalue weighted by atomic mass is 10.1. The van der Waals surface area contributed by atoms with Gasteiger partial charge in [0.15, 0.2) is 11.6 Å². The Kier molecular flexibility index (Phi) is 5.93. The van der Waals surface area contributed by atoms with Gasteiger partial charge in [0.1, 0.15) is 11.1 Å². The minimum atomic E-state index is -4.80. The minimum absolute atomic E-state index is 0.00454. The summed E-state index contributed by atoms with van der Waals surface area (Å²) in [5.74, 6) is -1.23. The number of anilines is 2. The largest absolute Gasteiger partial charge is 0.461 e. The van der Waals surface area contributed by atoms with Crippen molar-refractivity contribution in [3.8, 4) is 11.6 Å². The van der Waals surface area contributed by atoms with Crippen LogP contribution >= 0.6 is 11.8 Å². The number of carbonyl (C=O) groups is 2. The first-order valence-electron chi connectivity index (χ1n) is 10.5. The van der Waals surface area contributed by atoms with Crippen molar-refractivity contribution in [3.63, 3.8) is 0 Å². The third-order valence-corrected chi connectivity index (χ3v) is 6.39. The molecule has 0 spiro atoms. The van der Waals surface area contributed by atoms with Crippen LogP contribution in [0.25, 0.3) is 22.5 Å². The van der Waals surface area contributed by atoms with Crippen molar-refractivity contribution in [1.82, 2.24) is 9.97 Å². The molecule has 0 bridgehead atoms. The number of carbonyl (C=O) groups excluding carboxylic acids is 2. The quantitative estimate of drug-likeness (QED) is 0.304. The fraction of sp³-hybridized carbons (Fsp3) is 0.167. The van der Waals surface area contributed by atoms with Crippen LogP contribution in [-0.4, -0.2) is 39.8 Å². The molecule has 0 saturated heterocycles. The summed E-state index contributed by atoms with van der Waals surface area (Å²) in [6.07, 6.45) is -4.22. The van der Waals surface area contributed by atoms with Gasteiger partial charge in [-0.25, -0.2) is 9.97 Å². The molecule has 0 fully saturated rings. The maximum Gasteiger partial charge on any atom is 0.409 e. The van der Waals surface area contributed by atoms with Gasteiger partial charge in [-0.05, 0) is 30.3 Å². The van der Waals surface area contributed by atoms with Gasteiger partial charge < -0.3 is 9.73 Å². The molecule has 2 aromatic heterocycles. The first-order valence-corrected chi connectivity index (χ1v) is 11.5. The molecule has 178 valence electrons. The Morgan fingerprint density at radius 3 is 2.63 bits per heavy atom. The van der Waals surface area contributed by atoms with Gasteiger partial charge in [0.05, 0.1) is 35.3 Å². The Labute approximate surface area is 201 Å². The van der Waals surface area contributed by atoms with Crippen molar-refractivity contribution in [2.45, 2.75) is 23.7 Å². The summed E-state index contributed by atoms with van der Waals surface area (Å²) < 4.78 is 47.3. The predicted molar refractivity (Wildman–Crippen MR) is 125 cm³/mol.